The van der Waals surface area contributed by atoms with Crippen molar-refractivity contribution in [2.75, 3.05) is 0 Å². The predicted molar refractivity (Wildman–Crippen MR) is 198 cm³/mol. The van der Waals surface area contributed by atoms with Gasteiger partial charge < -0.3 is 4.42 Å². The van der Waals surface area contributed by atoms with Crippen LogP contribution in [-0.2, 0) is 0 Å². The molecule has 2 aromatic heterocycles. The SMILES string of the molecule is c1ccc(-c2cc3c(-c4c5ccccc5c(-c5ccc6ccccc6c5)c5ccccc45)c4oc5ccccc5c4cc3s2)cc1. The molecular formula is C44H26OS. The minimum absolute atomic E-state index is 0.918. The molecule has 10 rings (SSSR count). The van der Waals surface area contributed by atoms with Gasteiger partial charge in [-0.2, -0.15) is 0 Å². The maximum absolute atomic E-state index is 6.83. The Balaban J connectivity index is 1.39. The van der Waals surface area contributed by atoms with Crippen molar-refractivity contribution in [3.05, 3.63) is 158 Å². The lowest BCUT2D eigenvalue weighted by atomic mass is 9.84. The molecule has 0 bridgehead atoms. The van der Waals surface area contributed by atoms with Crippen LogP contribution in [0.5, 0.6) is 0 Å². The van der Waals surface area contributed by atoms with Crippen LogP contribution in [0.25, 0.3) is 97.0 Å². The van der Waals surface area contributed by atoms with Crippen LogP contribution >= 0.6 is 11.3 Å². The molecule has 2 heteroatoms. The molecule has 0 amide bonds. The van der Waals surface area contributed by atoms with Crippen LogP contribution in [0.2, 0.25) is 0 Å². The van der Waals surface area contributed by atoms with Gasteiger partial charge in [0.1, 0.15) is 11.2 Å². The lowest BCUT2D eigenvalue weighted by Crippen LogP contribution is -1.91. The van der Waals surface area contributed by atoms with E-state index in [1.165, 1.54) is 75.1 Å². The summed E-state index contributed by atoms with van der Waals surface area (Å²) in [6.45, 7) is 0. The van der Waals surface area contributed by atoms with E-state index in [0.29, 0.717) is 0 Å². The fourth-order valence-corrected chi connectivity index (χ4v) is 8.52. The molecule has 0 saturated heterocycles. The van der Waals surface area contributed by atoms with Crippen LogP contribution in [0.4, 0.5) is 0 Å². The zero-order chi connectivity index (χ0) is 30.2. The monoisotopic (exact) mass is 602 g/mol. The normalized spacial score (nSPS) is 11.9. The maximum atomic E-state index is 6.83. The van der Waals surface area contributed by atoms with Crippen molar-refractivity contribution in [2.24, 2.45) is 0 Å². The van der Waals surface area contributed by atoms with Crippen LogP contribution in [-0.4, -0.2) is 0 Å². The highest BCUT2D eigenvalue weighted by atomic mass is 32.1. The number of thiophene rings is 1. The summed E-state index contributed by atoms with van der Waals surface area (Å²) in [4.78, 5) is 1.26. The molecule has 0 saturated carbocycles. The van der Waals surface area contributed by atoms with Gasteiger partial charge in [0, 0.05) is 36.9 Å². The third kappa shape index (κ3) is 3.74. The standard InChI is InChI=1S/C44H26OS/c1-2-13-28(14-3-1)39-26-37-40(46-39)25-36-31-16-10-11-21-38(31)45-44(36)43(37)42-34-19-8-6-17-32(34)41(33-18-7-9-20-35(33)42)30-23-22-27-12-4-5-15-29(27)24-30/h1-26H. The van der Waals surface area contributed by atoms with E-state index >= 15 is 0 Å². The molecular weight excluding hydrogens is 577 g/mol. The molecule has 46 heavy (non-hydrogen) atoms. The molecule has 2 heterocycles. The van der Waals surface area contributed by atoms with Crippen molar-refractivity contribution >= 4 is 75.7 Å². The van der Waals surface area contributed by atoms with Crippen molar-refractivity contribution in [3.63, 3.8) is 0 Å². The Kier molecular flexibility index (Phi) is 5.51. The molecule has 0 N–H and O–H groups in total. The zero-order valence-corrected chi connectivity index (χ0v) is 25.6. The first-order valence-corrected chi connectivity index (χ1v) is 16.5. The van der Waals surface area contributed by atoms with E-state index in [9.17, 15) is 0 Å². The van der Waals surface area contributed by atoms with Crippen LogP contribution < -0.4 is 0 Å². The second-order valence-electron chi connectivity index (χ2n) is 12.0. The number of fused-ring (bicyclic) bond motifs is 7. The molecule has 0 aliphatic carbocycles. The van der Waals surface area contributed by atoms with Crippen LogP contribution in [0.1, 0.15) is 0 Å². The summed E-state index contributed by atoms with van der Waals surface area (Å²) in [5.41, 5.74) is 7.98. The van der Waals surface area contributed by atoms with E-state index < -0.39 is 0 Å². The van der Waals surface area contributed by atoms with Crippen molar-refractivity contribution in [3.8, 4) is 32.7 Å². The number of hydrogen-bond acceptors (Lipinski definition) is 2. The smallest absolute Gasteiger partial charge is 0.143 e. The Morgan fingerprint density at radius 3 is 1.72 bits per heavy atom. The lowest BCUT2D eigenvalue weighted by molar-refractivity contribution is 0.670. The molecule has 0 radical (unpaired) electrons. The van der Waals surface area contributed by atoms with Crippen LogP contribution in [0.3, 0.4) is 0 Å². The quantitative estimate of drug-likeness (QED) is 0.183. The molecule has 0 fully saturated rings. The fraction of sp³-hybridized carbons (Fsp3) is 0. The van der Waals surface area contributed by atoms with Crippen molar-refractivity contribution in [2.45, 2.75) is 0 Å². The summed E-state index contributed by atoms with van der Waals surface area (Å²) >= 11 is 1.86. The molecule has 0 atom stereocenters. The third-order valence-electron chi connectivity index (χ3n) is 9.44. The van der Waals surface area contributed by atoms with Crippen LogP contribution in [0.15, 0.2) is 162 Å². The van der Waals surface area contributed by atoms with Gasteiger partial charge in [-0.3, -0.25) is 0 Å². The second kappa shape index (κ2) is 9.90. The van der Waals surface area contributed by atoms with Gasteiger partial charge in [-0.25, -0.2) is 0 Å². The van der Waals surface area contributed by atoms with E-state index in [0.717, 1.165) is 21.9 Å². The van der Waals surface area contributed by atoms with E-state index in [2.05, 4.69) is 158 Å². The van der Waals surface area contributed by atoms with Crippen molar-refractivity contribution in [1.29, 1.82) is 0 Å². The first-order chi connectivity index (χ1) is 22.8. The molecule has 0 aliphatic heterocycles. The molecule has 8 aromatic carbocycles. The Hall–Kier alpha value is -5.70. The maximum Gasteiger partial charge on any atom is 0.143 e. The van der Waals surface area contributed by atoms with Gasteiger partial charge in [0.15, 0.2) is 0 Å². The fourth-order valence-electron chi connectivity index (χ4n) is 7.40. The number of benzene rings is 8. The molecule has 1 nitrogen and oxygen atoms in total. The topological polar surface area (TPSA) is 13.1 Å². The summed E-state index contributed by atoms with van der Waals surface area (Å²) in [5.74, 6) is 0. The Morgan fingerprint density at radius 2 is 0.978 bits per heavy atom. The van der Waals surface area contributed by atoms with E-state index in [4.69, 9.17) is 4.42 Å². The summed E-state index contributed by atoms with van der Waals surface area (Å²) in [5, 5.41) is 11.0. The minimum Gasteiger partial charge on any atom is -0.455 e. The van der Waals surface area contributed by atoms with E-state index in [1.54, 1.807) is 0 Å². The second-order valence-corrected chi connectivity index (χ2v) is 13.1. The van der Waals surface area contributed by atoms with Gasteiger partial charge in [-0.15, -0.1) is 11.3 Å². The highest BCUT2D eigenvalue weighted by molar-refractivity contribution is 7.22. The Morgan fingerprint density at radius 1 is 0.370 bits per heavy atom. The highest BCUT2D eigenvalue weighted by Gasteiger charge is 2.24. The van der Waals surface area contributed by atoms with Gasteiger partial charge in [0.05, 0.1) is 0 Å². The summed E-state index contributed by atoms with van der Waals surface area (Å²) in [7, 11) is 0. The Bertz CT molecular complexity index is 2740. The van der Waals surface area contributed by atoms with Gasteiger partial charge in [0.2, 0.25) is 0 Å². The molecule has 0 unspecified atom stereocenters. The summed E-state index contributed by atoms with van der Waals surface area (Å²) in [6.07, 6.45) is 0. The number of rotatable bonds is 3. The summed E-state index contributed by atoms with van der Waals surface area (Å²) < 4.78 is 8.09. The number of furan rings is 1. The van der Waals surface area contributed by atoms with Gasteiger partial charge >= 0.3 is 0 Å². The number of hydrogen-bond donors (Lipinski definition) is 0. The van der Waals surface area contributed by atoms with Gasteiger partial charge in [-0.1, -0.05) is 133 Å². The first kappa shape index (κ1) is 25.6. The highest BCUT2D eigenvalue weighted by Crippen LogP contribution is 2.51. The van der Waals surface area contributed by atoms with E-state index in [1.807, 2.05) is 11.3 Å². The minimum atomic E-state index is 0.918. The van der Waals surface area contributed by atoms with Crippen LogP contribution in [0, 0.1) is 0 Å². The van der Waals surface area contributed by atoms with Crippen molar-refractivity contribution in [1.82, 2.24) is 0 Å². The summed E-state index contributed by atoms with van der Waals surface area (Å²) in [6, 6.07) is 57.2. The molecule has 10 aromatic rings. The largest absolute Gasteiger partial charge is 0.455 e. The lowest BCUT2D eigenvalue weighted by Gasteiger charge is -2.18. The van der Waals surface area contributed by atoms with E-state index in [-0.39, 0.29) is 0 Å². The average Bonchev–Trinajstić information content (AvgIpc) is 3.72. The Labute approximate surface area is 269 Å². The molecule has 0 spiro atoms. The number of para-hydroxylation sites is 1. The zero-order valence-electron chi connectivity index (χ0n) is 24.8. The third-order valence-corrected chi connectivity index (χ3v) is 10.6. The molecule has 214 valence electrons. The predicted octanol–water partition coefficient (Wildman–Crippen LogP) is 13.3. The molecule has 0 aliphatic rings. The van der Waals surface area contributed by atoms with Crippen molar-refractivity contribution < 1.29 is 4.42 Å². The van der Waals surface area contributed by atoms with Gasteiger partial charge in [0.25, 0.3) is 0 Å². The van der Waals surface area contributed by atoms with Gasteiger partial charge in [-0.05, 0) is 73.3 Å². The first-order valence-electron chi connectivity index (χ1n) is 15.7. The average molecular weight is 603 g/mol.